The minimum absolute atomic E-state index is 0.0302. The standard InChI is InChI=1S/C27H23ClN4O3S2/c1-35-21-12-10-20(11-13-21)32-15-18(14-24(32)33)26-30-31-27(37-26)29-25(34)22-4-2-3-5-23(22)36-16-17-6-8-19(28)9-7-17/h2-13,18H,14-16H2,1H3,(H,29,31,34). The van der Waals surface area contributed by atoms with Gasteiger partial charge >= 0.3 is 0 Å². The van der Waals surface area contributed by atoms with Crippen LogP contribution in [-0.4, -0.2) is 35.7 Å². The van der Waals surface area contributed by atoms with Crippen molar-refractivity contribution in [3.8, 4) is 5.75 Å². The average molecular weight is 551 g/mol. The van der Waals surface area contributed by atoms with Crippen LogP contribution in [0.4, 0.5) is 10.8 Å². The van der Waals surface area contributed by atoms with Crippen LogP contribution >= 0.6 is 34.7 Å². The highest BCUT2D eigenvalue weighted by molar-refractivity contribution is 7.98. The van der Waals surface area contributed by atoms with E-state index in [-0.39, 0.29) is 17.7 Å². The van der Waals surface area contributed by atoms with Crippen LogP contribution in [0.5, 0.6) is 5.75 Å². The Morgan fingerprint density at radius 3 is 2.62 bits per heavy atom. The van der Waals surface area contributed by atoms with E-state index < -0.39 is 0 Å². The minimum Gasteiger partial charge on any atom is -0.497 e. The Morgan fingerprint density at radius 1 is 1.11 bits per heavy atom. The maximum absolute atomic E-state index is 13.1. The van der Waals surface area contributed by atoms with Crippen LogP contribution in [0.2, 0.25) is 5.02 Å². The van der Waals surface area contributed by atoms with Crippen LogP contribution in [0, 0.1) is 0 Å². The Morgan fingerprint density at radius 2 is 1.86 bits per heavy atom. The summed E-state index contributed by atoms with van der Waals surface area (Å²) >= 11 is 8.86. The van der Waals surface area contributed by atoms with Gasteiger partial charge in [0.1, 0.15) is 10.8 Å². The Balaban J connectivity index is 1.23. The summed E-state index contributed by atoms with van der Waals surface area (Å²) in [4.78, 5) is 28.4. The molecule has 1 unspecified atom stereocenters. The number of hydrogen-bond acceptors (Lipinski definition) is 7. The maximum atomic E-state index is 13.1. The van der Waals surface area contributed by atoms with Gasteiger partial charge in [0, 0.05) is 40.2 Å². The van der Waals surface area contributed by atoms with Gasteiger partial charge in [0.15, 0.2) is 0 Å². The number of hydrogen-bond donors (Lipinski definition) is 1. The molecule has 1 N–H and O–H groups in total. The van der Waals surface area contributed by atoms with E-state index in [0.717, 1.165) is 26.9 Å². The van der Waals surface area contributed by atoms with E-state index in [1.165, 1.54) is 11.3 Å². The third-order valence-electron chi connectivity index (χ3n) is 5.96. The molecule has 0 aliphatic carbocycles. The molecule has 188 valence electrons. The first-order valence-electron chi connectivity index (χ1n) is 11.6. The zero-order valence-electron chi connectivity index (χ0n) is 19.9. The molecular formula is C27H23ClN4O3S2. The number of ether oxygens (including phenoxy) is 1. The molecule has 1 fully saturated rings. The summed E-state index contributed by atoms with van der Waals surface area (Å²) < 4.78 is 5.20. The van der Waals surface area contributed by atoms with Crippen molar-refractivity contribution in [2.75, 3.05) is 23.9 Å². The number of methoxy groups -OCH3 is 1. The highest BCUT2D eigenvalue weighted by atomic mass is 35.5. The molecule has 4 aromatic rings. The fourth-order valence-electron chi connectivity index (χ4n) is 4.02. The molecular weight excluding hydrogens is 528 g/mol. The van der Waals surface area contributed by atoms with E-state index in [4.69, 9.17) is 16.3 Å². The molecule has 37 heavy (non-hydrogen) atoms. The quantitative estimate of drug-likeness (QED) is 0.260. The number of nitrogens with one attached hydrogen (secondary N) is 1. The predicted molar refractivity (Wildman–Crippen MR) is 148 cm³/mol. The predicted octanol–water partition coefficient (Wildman–Crippen LogP) is 6.27. The first-order chi connectivity index (χ1) is 18.0. The van der Waals surface area contributed by atoms with Crippen molar-refractivity contribution in [1.29, 1.82) is 0 Å². The number of carbonyl (C=O) groups is 2. The summed E-state index contributed by atoms with van der Waals surface area (Å²) in [5.41, 5.74) is 2.51. The number of amides is 2. The van der Waals surface area contributed by atoms with Crippen LogP contribution in [0.3, 0.4) is 0 Å². The third-order valence-corrected chi connectivity index (χ3v) is 8.36. The number of anilines is 2. The molecule has 2 heterocycles. The van der Waals surface area contributed by atoms with E-state index in [2.05, 4.69) is 15.5 Å². The van der Waals surface area contributed by atoms with Gasteiger partial charge in [-0.3, -0.25) is 14.9 Å². The van der Waals surface area contributed by atoms with E-state index >= 15 is 0 Å². The molecule has 1 aliphatic heterocycles. The number of benzene rings is 3. The lowest BCUT2D eigenvalue weighted by Gasteiger charge is -2.16. The number of aromatic nitrogens is 2. The van der Waals surface area contributed by atoms with Gasteiger partial charge in [-0.05, 0) is 54.1 Å². The van der Waals surface area contributed by atoms with E-state index in [1.54, 1.807) is 29.8 Å². The summed E-state index contributed by atoms with van der Waals surface area (Å²) in [5, 5.41) is 13.2. The summed E-state index contributed by atoms with van der Waals surface area (Å²) in [7, 11) is 1.61. The number of halogens is 1. The largest absolute Gasteiger partial charge is 0.497 e. The van der Waals surface area contributed by atoms with Crippen molar-refractivity contribution >= 4 is 57.3 Å². The average Bonchev–Trinajstić information content (AvgIpc) is 3.55. The highest BCUT2D eigenvalue weighted by Gasteiger charge is 2.34. The molecule has 0 radical (unpaired) electrons. The second-order valence-electron chi connectivity index (χ2n) is 8.41. The van der Waals surface area contributed by atoms with Crippen molar-refractivity contribution in [3.05, 3.63) is 94.0 Å². The van der Waals surface area contributed by atoms with Gasteiger partial charge in [0.25, 0.3) is 5.91 Å². The van der Waals surface area contributed by atoms with Crippen molar-refractivity contribution < 1.29 is 14.3 Å². The van der Waals surface area contributed by atoms with Gasteiger partial charge in [-0.15, -0.1) is 22.0 Å². The zero-order chi connectivity index (χ0) is 25.8. The summed E-state index contributed by atoms with van der Waals surface area (Å²) in [6.07, 6.45) is 0.346. The van der Waals surface area contributed by atoms with Crippen LogP contribution in [0.25, 0.3) is 0 Å². The van der Waals surface area contributed by atoms with Crippen LogP contribution in [0.15, 0.2) is 77.7 Å². The lowest BCUT2D eigenvalue weighted by Crippen LogP contribution is -2.24. The molecule has 1 aromatic heterocycles. The van der Waals surface area contributed by atoms with Gasteiger partial charge in [-0.1, -0.05) is 47.2 Å². The molecule has 5 rings (SSSR count). The highest BCUT2D eigenvalue weighted by Crippen LogP contribution is 2.35. The van der Waals surface area contributed by atoms with Crippen molar-refractivity contribution in [1.82, 2.24) is 10.2 Å². The molecule has 1 aliphatic rings. The monoisotopic (exact) mass is 550 g/mol. The number of carbonyl (C=O) groups excluding carboxylic acids is 2. The Bertz CT molecular complexity index is 1410. The zero-order valence-corrected chi connectivity index (χ0v) is 22.3. The molecule has 1 saturated heterocycles. The van der Waals surface area contributed by atoms with Gasteiger partial charge < -0.3 is 9.64 Å². The molecule has 0 bridgehead atoms. The Labute approximate surface area is 227 Å². The van der Waals surface area contributed by atoms with E-state index in [0.29, 0.717) is 34.4 Å². The topological polar surface area (TPSA) is 84.4 Å². The second kappa shape index (κ2) is 11.3. The smallest absolute Gasteiger partial charge is 0.258 e. The van der Waals surface area contributed by atoms with Crippen molar-refractivity contribution in [2.45, 2.75) is 23.0 Å². The van der Waals surface area contributed by atoms with E-state index in [1.807, 2.05) is 66.7 Å². The number of rotatable bonds is 8. The maximum Gasteiger partial charge on any atom is 0.258 e. The van der Waals surface area contributed by atoms with Crippen molar-refractivity contribution in [3.63, 3.8) is 0 Å². The normalized spacial score (nSPS) is 15.1. The molecule has 0 spiro atoms. The molecule has 1 atom stereocenters. The van der Waals surface area contributed by atoms with Crippen LogP contribution in [0.1, 0.15) is 33.3 Å². The molecule has 7 nitrogen and oxygen atoms in total. The molecule has 0 saturated carbocycles. The fraction of sp³-hybridized carbons (Fsp3) is 0.185. The van der Waals surface area contributed by atoms with Crippen LogP contribution < -0.4 is 15.0 Å². The lowest BCUT2D eigenvalue weighted by molar-refractivity contribution is -0.117. The van der Waals surface area contributed by atoms with Crippen molar-refractivity contribution in [2.24, 2.45) is 0 Å². The molecule has 2 amide bonds. The minimum atomic E-state index is -0.246. The van der Waals surface area contributed by atoms with Gasteiger partial charge in [-0.2, -0.15) is 0 Å². The molecule has 3 aromatic carbocycles. The Kier molecular flexibility index (Phi) is 7.73. The number of nitrogens with zero attached hydrogens (tertiary/aromatic N) is 3. The SMILES string of the molecule is COc1ccc(N2CC(c3nnc(NC(=O)c4ccccc4SCc4ccc(Cl)cc4)s3)CC2=O)cc1. The van der Waals surface area contributed by atoms with Crippen LogP contribution in [-0.2, 0) is 10.5 Å². The number of thioether (sulfide) groups is 1. The van der Waals surface area contributed by atoms with E-state index in [9.17, 15) is 9.59 Å². The third kappa shape index (κ3) is 5.95. The summed E-state index contributed by atoms with van der Waals surface area (Å²) in [6, 6.07) is 22.5. The summed E-state index contributed by atoms with van der Waals surface area (Å²) in [5.74, 6) is 1.15. The first-order valence-corrected chi connectivity index (χ1v) is 13.7. The van der Waals surface area contributed by atoms with Gasteiger partial charge in [0.2, 0.25) is 11.0 Å². The molecule has 10 heteroatoms. The van der Waals surface area contributed by atoms with Gasteiger partial charge in [-0.25, -0.2) is 0 Å². The Hall–Kier alpha value is -3.40. The lowest BCUT2D eigenvalue weighted by atomic mass is 10.1. The van der Waals surface area contributed by atoms with Gasteiger partial charge in [0.05, 0.1) is 12.7 Å². The second-order valence-corrected chi connectivity index (χ2v) is 10.9. The fourth-order valence-corrected chi connectivity index (χ4v) is 5.98. The summed E-state index contributed by atoms with van der Waals surface area (Å²) in [6.45, 7) is 0.512. The first kappa shape index (κ1) is 25.3.